The number of fused-ring (bicyclic) bond motifs is 2. The summed E-state index contributed by atoms with van der Waals surface area (Å²) in [5.74, 6) is 0.326. The van der Waals surface area contributed by atoms with E-state index in [9.17, 15) is 9.59 Å². The molecule has 2 fully saturated rings. The van der Waals surface area contributed by atoms with Gasteiger partial charge >= 0.3 is 5.97 Å². The molecule has 2 heterocycles. The number of nitrogens with zero attached hydrogens (tertiary/aromatic N) is 1. The average molecular weight is 368 g/mol. The number of aryl methyl sites for hydroxylation is 1. The van der Waals surface area contributed by atoms with Crippen LogP contribution in [0.5, 0.6) is 0 Å². The van der Waals surface area contributed by atoms with Gasteiger partial charge in [-0.3, -0.25) is 9.59 Å². The number of nitrogens with one attached hydrogen (secondary N) is 1. The topological polar surface area (TPSA) is 62.4 Å². The summed E-state index contributed by atoms with van der Waals surface area (Å²) < 4.78 is 5.31. The van der Waals surface area contributed by atoms with Crippen LogP contribution in [0.25, 0.3) is 10.9 Å². The zero-order chi connectivity index (χ0) is 18.6. The van der Waals surface area contributed by atoms with Crippen molar-refractivity contribution in [3.63, 3.8) is 0 Å². The molecule has 5 nitrogen and oxygen atoms in total. The van der Waals surface area contributed by atoms with Crippen molar-refractivity contribution in [2.75, 3.05) is 13.2 Å². The molecule has 2 aromatic rings. The average Bonchev–Trinajstić information content (AvgIpc) is 3.13. The summed E-state index contributed by atoms with van der Waals surface area (Å²) >= 11 is 0. The van der Waals surface area contributed by atoms with Gasteiger partial charge < -0.3 is 14.6 Å². The minimum atomic E-state index is -0.300. The summed E-state index contributed by atoms with van der Waals surface area (Å²) in [6.07, 6.45) is 9.98. The molecule has 4 rings (SSSR count). The number of amides is 1. The molecule has 0 unspecified atom stereocenters. The maximum absolute atomic E-state index is 12.6. The van der Waals surface area contributed by atoms with Gasteiger partial charge in [-0.1, -0.05) is 31.0 Å². The summed E-state index contributed by atoms with van der Waals surface area (Å²) in [6, 6.07) is 8.41. The second-order valence-corrected chi connectivity index (χ2v) is 7.86. The monoisotopic (exact) mass is 368 g/mol. The van der Waals surface area contributed by atoms with E-state index in [1.165, 1.54) is 25.7 Å². The van der Waals surface area contributed by atoms with Gasteiger partial charge in [0.05, 0.1) is 0 Å². The highest BCUT2D eigenvalue weighted by Gasteiger charge is 2.35. The normalized spacial score (nSPS) is 22.4. The van der Waals surface area contributed by atoms with Gasteiger partial charge in [0.15, 0.2) is 6.61 Å². The highest BCUT2D eigenvalue weighted by atomic mass is 16.5. The summed E-state index contributed by atoms with van der Waals surface area (Å²) in [5, 5.41) is 1.14. The highest BCUT2D eigenvalue weighted by Crippen LogP contribution is 2.35. The first-order valence-electron chi connectivity index (χ1n) is 10.2. The molecule has 1 aliphatic carbocycles. The van der Waals surface area contributed by atoms with Crippen LogP contribution in [0, 0.1) is 5.92 Å². The van der Waals surface area contributed by atoms with E-state index in [1.54, 1.807) is 0 Å². The van der Waals surface area contributed by atoms with Crippen LogP contribution in [-0.4, -0.2) is 41.0 Å². The molecular weight excluding hydrogens is 340 g/mol. The van der Waals surface area contributed by atoms with Crippen molar-refractivity contribution < 1.29 is 14.3 Å². The van der Waals surface area contributed by atoms with Gasteiger partial charge in [-0.05, 0) is 49.7 Å². The third-order valence-corrected chi connectivity index (χ3v) is 6.19. The van der Waals surface area contributed by atoms with Gasteiger partial charge in [0.25, 0.3) is 5.91 Å². The number of esters is 1. The van der Waals surface area contributed by atoms with Crippen LogP contribution in [0.2, 0.25) is 0 Å². The van der Waals surface area contributed by atoms with Crippen LogP contribution in [0.3, 0.4) is 0 Å². The minimum Gasteiger partial charge on any atom is -0.456 e. The quantitative estimate of drug-likeness (QED) is 0.816. The number of H-pyrrole nitrogens is 1. The lowest BCUT2D eigenvalue weighted by Crippen LogP contribution is -2.50. The summed E-state index contributed by atoms with van der Waals surface area (Å²) in [4.78, 5) is 30.0. The first kappa shape index (κ1) is 18.1. The van der Waals surface area contributed by atoms with Crippen LogP contribution >= 0.6 is 0 Å². The molecule has 0 bridgehead atoms. The third kappa shape index (κ3) is 4.02. The van der Waals surface area contributed by atoms with Crippen LogP contribution in [0.15, 0.2) is 30.5 Å². The Kier molecular flexibility index (Phi) is 5.46. The molecule has 1 aromatic carbocycles. The van der Waals surface area contributed by atoms with E-state index in [1.807, 2.05) is 35.4 Å². The van der Waals surface area contributed by atoms with Crippen molar-refractivity contribution in [2.24, 2.45) is 5.92 Å². The zero-order valence-electron chi connectivity index (χ0n) is 15.8. The van der Waals surface area contributed by atoms with E-state index >= 15 is 0 Å². The fraction of sp³-hybridized carbons (Fsp3) is 0.545. The first-order valence-corrected chi connectivity index (χ1v) is 10.2. The number of hydrogen-bond acceptors (Lipinski definition) is 3. The number of para-hydroxylation sites is 1. The number of likely N-dealkylation sites (tertiary alicyclic amines) is 1. The van der Waals surface area contributed by atoms with Gasteiger partial charge in [-0.15, -0.1) is 0 Å². The molecule has 2 aliphatic rings. The lowest BCUT2D eigenvalue weighted by molar-refractivity contribution is -0.154. The molecule has 0 radical (unpaired) electrons. The number of carbonyl (C=O) groups excluding carboxylic acids is 2. The number of rotatable bonds is 5. The second kappa shape index (κ2) is 8.15. The maximum atomic E-state index is 12.6. The number of hydrogen-bond donors (Lipinski definition) is 1. The van der Waals surface area contributed by atoms with E-state index in [2.05, 4.69) is 4.98 Å². The largest absolute Gasteiger partial charge is 0.456 e. The first-order chi connectivity index (χ1) is 13.2. The smallest absolute Gasteiger partial charge is 0.306 e. The van der Waals surface area contributed by atoms with Gasteiger partial charge in [-0.2, -0.15) is 0 Å². The Morgan fingerprint density at radius 3 is 2.85 bits per heavy atom. The molecule has 144 valence electrons. The summed E-state index contributed by atoms with van der Waals surface area (Å²) in [6.45, 7) is 0.697. The van der Waals surface area contributed by atoms with Crippen molar-refractivity contribution >= 4 is 22.8 Å². The number of carbonyl (C=O) groups is 2. The highest BCUT2D eigenvalue weighted by molar-refractivity contribution is 5.84. The molecule has 2 atom stereocenters. The van der Waals surface area contributed by atoms with Crippen molar-refractivity contribution in [3.8, 4) is 0 Å². The van der Waals surface area contributed by atoms with E-state index in [-0.39, 0.29) is 18.5 Å². The zero-order valence-corrected chi connectivity index (χ0v) is 15.8. The maximum Gasteiger partial charge on any atom is 0.306 e. The van der Waals surface area contributed by atoms with E-state index in [0.29, 0.717) is 24.8 Å². The van der Waals surface area contributed by atoms with Gasteiger partial charge in [0.2, 0.25) is 0 Å². The number of aromatic amines is 1. The fourth-order valence-corrected chi connectivity index (χ4v) is 4.81. The lowest BCUT2D eigenvalue weighted by atomic mass is 9.78. The predicted octanol–water partition coefficient (Wildman–Crippen LogP) is 3.82. The molecule has 1 N–H and O–H groups in total. The third-order valence-electron chi connectivity index (χ3n) is 6.19. The Morgan fingerprint density at radius 1 is 1.11 bits per heavy atom. The van der Waals surface area contributed by atoms with Crippen molar-refractivity contribution in [1.29, 1.82) is 0 Å². The Bertz CT molecular complexity index is 811. The summed E-state index contributed by atoms with van der Waals surface area (Å²) in [5.41, 5.74) is 2.18. The number of ether oxygens (including phenoxy) is 1. The standard InChI is InChI=1S/C22H28N2O3/c25-21(24-13-5-7-16-6-1-4-10-20(16)24)15-27-22(26)12-11-17-14-23-19-9-3-2-8-18(17)19/h2-3,8-9,14,16,20,23H,1,4-7,10-13,15H2/t16-,20-/m1/s1. The molecule has 1 saturated carbocycles. The number of benzene rings is 1. The molecule has 27 heavy (non-hydrogen) atoms. The Labute approximate surface area is 160 Å². The van der Waals surface area contributed by atoms with Crippen molar-refractivity contribution in [3.05, 3.63) is 36.0 Å². The Balaban J connectivity index is 1.27. The lowest BCUT2D eigenvalue weighted by Gasteiger charge is -2.44. The second-order valence-electron chi connectivity index (χ2n) is 7.86. The van der Waals surface area contributed by atoms with Crippen molar-refractivity contribution in [1.82, 2.24) is 9.88 Å². The predicted molar refractivity (Wildman–Crippen MR) is 104 cm³/mol. The number of aromatic nitrogens is 1. The molecule has 1 amide bonds. The SMILES string of the molecule is O=C(CCc1c[nH]c2ccccc12)OCC(=O)N1CCC[C@H]2CCCC[C@H]21. The van der Waals surface area contributed by atoms with Crippen molar-refractivity contribution in [2.45, 2.75) is 57.4 Å². The minimum absolute atomic E-state index is 0.0213. The van der Waals surface area contributed by atoms with Crippen LogP contribution in [0.4, 0.5) is 0 Å². The van der Waals surface area contributed by atoms with E-state index in [0.717, 1.165) is 35.9 Å². The van der Waals surface area contributed by atoms with E-state index in [4.69, 9.17) is 4.74 Å². The van der Waals surface area contributed by atoms with Crippen LogP contribution < -0.4 is 0 Å². The molecule has 1 aliphatic heterocycles. The molecular formula is C22H28N2O3. The fourth-order valence-electron chi connectivity index (χ4n) is 4.81. The van der Waals surface area contributed by atoms with Gasteiger partial charge in [-0.25, -0.2) is 0 Å². The Morgan fingerprint density at radius 2 is 1.93 bits per heavy atom. The molecule has 1 aromatic heterocycles. The molecule has 1 saturated heterocycles. The molecule has 0 spiro atoms. The van der Waals surface area contributed by atoms with Crippen LogP contribution in [-0.2, 0) is 20.7 Å². The molecule has 5 heteroatoms. The number of piperidine rings is 1. The van der Waals surface area contributed by atoms with Gasteiger partial charge in [0, 0.05) is 36.1 Å². The summed E-state index contributed by atoms with van der Waals surface area (Å²) in [7, 11) is 0. The van der Waals surface area contributed by atoms with Crippen LogP contribution in [0.1, 0.15) is 50.5 Å². The van der Waals surface area contributed by atoms with Gasteiger partial charge in [0.1, 0.15) is 0 Å². The van der Waals surface area contributed by atoms with E-state index < -0.39 is 0 Å². The Hall–Kier alpha value is -2.30.